The Morgan fingerprint density at radius 1 is 0.688 bits per heavy atom. The summed E-state index contributed by atoms with van der Waals surface area (Å²) in [5.74, 6) is -0.737. The zero-order chi connectivity index (χ0) is 24.9. The van der Waals surface area contributed by atoms with Gasteiger partial charge in [-0.25, -0.2) is 4.79 Å². The first kappa shape index (κ1) is 26.8. The van der Waals surface area contributed by atoms with Gasteiger partial charge in [0.15, 0.2) is 17.2 Å². The summed E-state index contributed by atoms with van der Waals surface area (Å²) in [6, 6.07) is 0. The van der Waals surface area contributed by atoms with Crippen LogP contribution in [0, 0.1) is 10.8 Å². The van der Waals surface area contributed by atoms with Gasteiger partial charge in [0.1, 0.15) is 5.69 Å². The lowest BCUT2D eigenvalue weighted by atomic mass is 9.94. The van der Waals surface area contributed by atoms with Crippen LogP contribution in [-0.4, -0.2) is 46.2 Å². The van der Waals surface area contributed by atoms with E-state index < -0.39 is 16.8 Å². The predicted molar refractivity (Wildman–Crippen MR) is 123 cm³/mol. The van der Waals surface area contributed by atoms with Gasteiger partial charge in [-0.05, 0) is 6.08 Å². The molecule has 0 aliphatic carbocycles. The molecule has 9 nitrogen and oxygen atoms in total. The molecule has 2 amide bonds. The average Bonchev–Trinajstić information content (AvgIpc) is 2.70. The third kappa shape index (κ3) is 6.15. The Bertz CT molecular complexity index is 907. The smallest absolute Gasteiger partial charge is 0.330 e. The Hall–Kier alpha value is -3.23. The molecule has 0 fully saturated rings. The molecule has 0 heterocycles. The number of anilines is 2. The quantitative estimate of drug-likeness (QED) is 0.479. The minimum Gasteiger partial charge on any atom is -0.492 e. The van der Waals surface area contributed by atoms with Gasteiger partial charge in [0, 0.05) is 22.5 Å². The molecule has 0 bridgehead atoms. The number of hydrogen-bond donors (Lipinski definition) is 2. The monoisotopic (exact) mass is 450 g/mol. The molecular formula is C23H34N2O7. The number of carbonyl (C=O) groups excluding carboxylic acids is 3. The van der Waals surface area contributed by atoms with Gasteiger partial charge in [0.25, 0.3) is 0 Å². The average molecular weight is 451 g/mol. The molecule has 0 spiro atoms. The third-order valence-electron chi connectivity index (χ3n) is 4.44. The van der Waals surface area contributed by atoms with Crippen LogP contribution in [0.5, 0.6) is 17.2 Å². The Morgan fingerprint density at radius 3 is 1.50 bits per heavy atom. The van der Waals surface area contributed by atoms with Gasteiger partial charge >= 0.3 is 5.97 Å². The van der Waals surface area contributed by atoms with Crippen molar-refractivity contribution in [3.05, 3.63) is 11.6 Å². The standard InChI is InChI=1S/C23H34N2O7/c1-22(2,3)20(27)24-15-13(11-12-14(26)29-7)17(30-8)19(32-10)16(18(15)31-9)25-21(28)23(4,5)6/h11-12H,1-10H3,(H,24,27)(H,25,28)/b12-11+. The summed E-state index contributed by atoms with van der Waals surface area (Å²) in [6.07, 6.45) is 2.60. The molecule has 0 aromatic heterocycles. The maximum atomic E-state index is 12.9. The molecule has 0 unspecified atom stereocenters. The molecule has 1 aromatic rings. The van der Waals surface area contributed by atoms with E-state index in [9.17, 15) is 14.4 Å². The molecule has 178 valence electrons. The summed E-state index contributed by atoms with van der Waals surface area (Å²) < 4.78 is 21.4. The Labute approximate surface area is 189 Å². The van der Waals surface area contributed by atoms with Gasteiger partial charge in [0.2, 0.25) is 11.8 Å². The van der Waals surface area contributed by atoms with Crippen LogP contribution < -0.4 is 24.8 Å². The van der Waals surface area contributed by atoms with E-state index in [-0.39, 0.29) is 40.4 Å². The first-order chi connectivity index (χ1) is 14.7. The van der Waals surface area contributed by atoms with Crippen molar-refractivity contribution in [2.75, 3.05) is 39.1 Å². The summed E-state index contributed by atoms with van der Waals surface area (Å²) >= 11 is 0. The molecule has 1 aromatic carbocycles. The SMILES string of the molecule is COC(=O)/C=C/c1c(NC(=O)C(C)(C)C)c(OC)c(NC(=O)C(C)(C)C)c(OC)c1OC. The van der Waals surface area contributed by atoms with Crippen LogP contribution in [0.4, 0.5) is 11.4 Å². The minimum atomic E-state index is -0.740. The van der Waals surface area contributed by atoms with Gasteiger partial charge in [0.05, 0.1) is 34.1 Å². The van der Waals surface area contributed by atoms with Crippen LogP contribution >= 0.6 is 0 Å². The van der Waals surface area contributed by atoms with Gasteiger partial charge in [-0.1, -0.05) is 41.5 Å². The summed E-state index contributed by atoms with van der Waals surface area (Å²) in [5.41, 5.74) is -0.767. The van der Waals surface area contributed by atoms with Gasteiger partial charge in [-0.2, -0.15) is 0 Å². The van der Waals surface area contributed by atoms with Crippen molar-refractivity contribution in [3.8, 4) is 17.2 Å². The number of rotatable bonds is 7. The van der Waals surface area contributed by atoms with E-state index in [1.807, 2.05) is 0 Å². The lowest BCUT2D eigenvalue weighted by molar-refractivity contribution is -0.134. The van der Waals surface area contributed by atoms with Crippen LogP contribution in [-0.2, 0) is 19.1 Å². The van der Waals surface area contributed by atoms with Crippen LogP contribution in [0.1, 0.15) is 47.1 Å². The van der Waals surface area contributed by atoms with E-state index in [1.54, 1.807) is 41.5 Å². The molecule has 0 saturated heterocycles. The van der Waals surface area contributed by atoms with E-state index in [2.05, 4.69) is 15.4 Å². The molecule has 9 heteroatoms. The van der Waals surface area contributed by atoms with E-state index in [1.165, 1.54) is 40.6 Å². The van der Waals surface area contributed by atoms with E-state index in [0.29, 0.717) is 5.56 Å². The minimum absolute atomic E-state index is 0.141. The molecule has 0 aliphatic heterocycles. The molecule has 0 radical (unpaired) electrons. The lowest BCUT2D eigenvalue weighted by Gasteiger charge is -2.26. The van der Waals surface area contributed by atoms with Crippen LogP contribution in [0.3, 0.4) is 0 Å². The van der Waals surface area contributed by atoms with Crippen LogP contribution in [0.2, 0.25) is 0 Å². The number of nitrogens with one attached hydrogen (secondary N) is 2. The number of amides is 2. The number of esters is 1. The van der Waals surface area contributed by atoms with Crippen LogP contribution in [0.25, 0.3) is 6.08 Å². The molecule has 32 heavy (non-hydrogen) atoms. The highest BCUT2D eigenvalue weighted by Crippen LogP contribution is 2.52. The van der Waals surface area contributed by atoms with Crippen molar-refractivity contribution in [1.29, 1.82) is 0 Å². The maximum Gasteiger partial charge on any atom is 0.330 e. The molecule has 0 saturated carbocycles. The van der Waals surface area contributed by atoms with Crippen molar-refractivity contribution in [1.82, 2.24) is 0 Å². The van der Waals surface area contributed by atoms with Crippen molar-refractivity contribution < 1.29 is 33.3 Å². The number of methoxy groups -OCH3 is 4. The lowest BCUT2D eigenvalue weighted by Crippen LogP contribution is -2.30. The highest BCUT2D eigenvalue weighted by atomic mass is 16.5. The van der Waals surface area contributed by atoms with Gasteiger partial charge in [-0.3, -0.25) is 9.59 Å². The summed E-state index contributed by atoms with van der Waals surface area (Å²) in [6.45, 7) is 10.5. The maximum absolute atomic E-state index is 12.9. The fourth-order valence-electron chi connectivity index (χ4n) is 2.52. The summed E-state index contributed by atoms with van der Waals surface area (Å²) in [7, 11) is 5.46. The highest BCUT2D eigenvalue weighted by molar-refractivity contribution is 6.06. The van der Waals surface area contributed by atoms with Crippen molar-refractivity contribution in [2.24, 2.45) is 10.8 Å². The number of carbonyl (C=O) groups is 3. The van der Waals surface area contributed by atoms with Crippen molar-refractivity contribution in [2.45, 2.75) is 41.5 Å². The molecule has 1 rings (SSSR count). The zero-order valence-corrected chi connectivity index (χ0v) is 20.5. The number of ether oxygens (including phenoxy) is 4. The fraction of sp³-hybridized carbons (Fsp3) is 0.522. The molecule has 2 N–H and O–H groups in total. The fourth-order valence-corrected chi connectivity index (χ4v) is 2.52. The predicted octanol–water partition coefficient (Wildman–Crippen LogP) is 3.87. The molecule has 0 atom stereocenters. The van der Waals surface area contributed by atoms with Gasteiger partial charge in [-0.15, -0.1) is 0 Å². The first-order valence-corrected chi connectivity index (χ1v) is 9.97. The Balaban J connectivity index is 3.99. The van der Waals surface area contributed by atoms with Crippen LogP contribution in [0.15, 0.2) is 6.08 Å². The second-order valence-corrected chi connectivity index (χ2v) is 9.03. The first-order valence-electron chi connectivity index (χ1n) is 9.97. The van der Waals surface area contributed by atoms with Crippen molar-refractivity contribution in [3.63, 3.8) is 0 Å². The third-order valence-corrected chi connectivity index (χ3v) is 4.44. The zero-order valence-electron chi connectivity index (χ0n) is 20.5. The van der Waals surface area contributed by atoms with Gasteiger partial charge < -0.3 is 29.6 Å². The largest absolute Gasteiger partial charge is 0.492 e. The molecule has 0 aliphatic rings. The Kier molecular flexibility index (Phi) is 8.70. The second-order valence-electron chi connectivity index (χ2n) is 9.03. The normalized spacial score (nSPS) is 11.7. The molecular weight excluding hydrogens is 416 g/mol. The number of hydrogen-bond acceptors (Lipinski definition) is 7. The van der Waals surface area contributed by atoms with E-state index in [4.69, 9.17) is 14.2 Å². The second kappa shape index (κ2) is 10.4. The topological polar surface area (TPSA) is 112 Å². The Morgan fingerprint density at radius 2 is 1.12 bits per heavy atom. The van der Waals surface area contributed by atoms with Crippen molar-refractivity contribution >= 4 is 35.2 Å². The van der Waals surface area contributed by atoms with E-state index in [0.717, 1.165) is 0 Å². The summed E-state index contributed by atoms with van der Waals surface area (Å²) in [5, 5.41) is 5.65. The van der Waals surface area contributed by atoms with E-state index >= 15 is 0 Å². The number of benzene rings is 1. The summed E-state index contributed by atoms with van der Waals surface area (Å²) in [4.78, 5) is 37.4. The highest BCUT2D eigenvalue weighted by Gasteiger charge is 2.32.